The van der Waals surface area contributed by atoms with Crippen molar-refractivity contribution in [2.24, 2.45) is 0 Å². The molecule has 5 rings (SSSR count). The zero-order valence-electron chi connectivity index (χ0n) is 17.7. The van der Waals surface area contributed by atoms with Crippen molar-refractivity contribution in [2.75, 3.05) is 4.90 Å². The smallest absolute Gasteiger partial charge is 0.227 e. The topological polar surface area (TPSA) is 42.4 Å². The summed E-state index contributed by atoms with van der Waals surface area (Å²) in [4.78, 5) is 20.4. The van der Waals surface area contributed by atoms with Crippen LogP contribution in [0.1, 0.15) is 33.6 Å². The van der Waals surface area contributed by atoms with Crippen LogP contribution < -0.4 is 9.64 Å². The number of ether oxygens (including phenoxy) is 1. The van der Waals surface area contributed by atoms with Crippen molar-refractivity contribution < 1.29 is 9.53 Å². The van der Waals surface area contributed by atoms with Gasteiger partial charge in [0.1, 0.15) is 12.4 Å². The highest BCUT2D eigenvalue weighted by molar-refractivity contribution is 7.09. The zero-order valence-corrected chi connectivity index (χ0v) is 18.6. The first kappa shape index (κ1) is 20.5. The van der Waals surface area contributed by atoms with Gasteiger partial charge in [-0.2, -0.15) is 0 Å². The lowest BCUT2D eigenvalue weighted by Gasteiger charge is -2.32. The van der Waals surface area contributed by atoms with Crippen molar-refractivity contribution in [1.29, 1.82) is 0 Å². The lowest BCUT2D eigenvalue weighted by Crippen LogP contribution is -2.35. The van der Waals surface area contributed by atoms with E-state index in [1.807, 2.05) is 59.1 Å². The van der Waals surface area contributed by atoms with Crippen molar-refractivity contribution in [3.63, 3.8) is 0 Å². The molecule has 0 radical (unpaired) electrons. The van der Waals surface area contributed by atoms with E-state index in [-0.39, 0.29) is 5.91 Å². The van der Waals surface area contributed by atoms with Gasteiger partial charge >= 0.3 is 0 Å². The van der Waals surface area contributed by atoms with E-state index < -0.39 is 0 Å². The van der Waals surface area contributed by atoms with E-state index >= 15 is 0 Å². The third-order valence-electron chi connectivity index (χ3n) is 5.77. The van der Waals surface area contributed by atoms with E-state index in [1.54, 1.807) is 11.3 Å². The largest absolute Gasteiger partial charge is 0.487 e. The number of aromatic nitrogens is 1. The molecule has 0 N–H and O–H groups in total. The van der Waals surface area contributed by atoms with Crippen molar-refractivity contribution in [3.05, 3.63) is 112 Å². The molecule has 4 nitrogen and oxygen atoms in total. The minimum atomic E-state index is 0.140. The molecule has 1 amide bonds. The molecule has 32 heavy (non-hydrogen) atoms. The van der Waals surface area contributed by atoms with Gasteiger partial charge in [-0.25, -0.2) is 0 Å². The van der Waals surface area contributed by atoms with Crippen LogP contribution in [0.2, 0.25) is 0 Å². The maximum absolute atomic E-state index is 13.1. The molecular formula is C27H24N2O2S. The molecule has 1 aliphatic rings. The van der Waals surface area contributed by atoms with Gasteiger partial charge in [0.25, 0.3) is 0 Å². The molecule has 0 aliphatic carbocycles. The fourth-order valence-electron chi connectivity index (χ4n) is 4.19. The van der Waals surface area contributed by atoms with E-state index in [0.717, 1.165) is 35.4 Å². The number of hydrogen-bond acceptors (Lipinski definition) is 4. The summed E-state index contributed by atoms with van der Waals surface area (Å²) in [7, 11) is 0. The number of amides is 1. The fraction of sp³-hybridized carbons (Fsp3) is 0.185. The molecule has 0 bridgehead atoms. The summed E-state index contributed by atoms with van der Waals surface area (Å²) in [5, 5.41) is 0. The lowest BCUT2D eigenvalue weighted by atomic mass is 9.93. The van der Waals surface area contributed by atoms with Crippen LogP contribution in [0.25, 0.3) is 0 Å². The van der Waals surface area contributed by atoms with Crippen molar-refractivity contribution in [2.45, 2.75) is 32.4 Å². The standard InChI is InChI=1S/C27H24N2O2S/c30-26-14-12-24-22(15-23-16-28-19-32-23)11-13-25(31-18-21-9-5-2-6-10-21)27(24)29(26)17-20-7-3-1-4-8-20/h1-11,13,16,19H,12,14-15,17-18H2. The van der Waals surface area contributed by atoms with Crippen LogP contribution in [0, 0.1) is 0 Å². The second-order valence-corrected chi connectivity index (χ2v) is 8.91. The average molecular weight is 441 g/mol. The Kier molecular flexibility index (Phi) is 5.99. The summed E-state index contributed by atoms with van der Waals surface area (Å²) in [5.74, 6) is 0.904. The molecule has 5 heteroatoms. The second kappa shape index (κ2) is 9.37. The Morgan fingerprint density at radius 2 is 1.66 bits per heavy atom. The molecule has 0 unspecified atom stereocenters. The van der Waals surface area contributed by atoms with Gasteiger partial charge in [-0.1, -0.05) is 66.7 Å². The third kappa shape index (κ3) is 4.43. The SMILES string of the molecule is O=C1CCc2c(Cc3cncs3)ccc(OCc3ccccc3)c2N1Cc1ccccc1. The predicted molar refractivity (Wildman–Crippen MR) is 128 cm³/mol. The lowest BCUT2D eigenvalue weighted by molar-refractivity contribution is -0.119. The number of anilines is 1. The molecule has 2 heterocycles. The van der Waals surface area contributed by atoms with Crippen LogP contribution in [0.3, 0.4) is 0 Å². The van der Waals surface area contributed by atoms with Crippen LogP contribution in [-0.4, -0.2) is 10.9 Å². The van der Waals surface area contributed by atoms with Gasteiger partial charge in [0.05, 0.1) is 17.7 Å². The highest BCUT2D eigenvalue weighted by atomic mass is 32.1. The summed E-state index contributed by atoms with van der Waals surface area (Å²) in [5.41, 5.74) is 7.44. The molecule has 0 atom stereocenters. The van der Waals surface area contributed by atoms with E-state index in [4.69, 9.17) is 4.74 Å². The summed E-state index contributed by atoms with van der Waals surface area (Å²) in [6.07, 6.45) is 3.99. The molecule has 1 aliphatic heterocycles. The van der Waals surface area contributed by atoms with E-state index in [9.17, 15) is 4.79 Å². The van der Waals surface area contributed by atoms with Crippen molar-refractivity contribution >= 4 is 22.9 Å². The quantitative estimate of drug-likeness (QED) is 0.365. The van der Waals surface area contributed by atoms with Crippen LogP contribution in [0.15, 0.2) is 84.5 Å². The minimum absolute atomic E-state index is 0.140. The third-order valence-corrected chi connectivity index (χ3v) is 6.55. The highest BCUT2D eigenvalue weighted by Crippen LogP contribution is 2.41. The Balaban J connectivity index is 1.53. The number of nitrogens with zero attached hydrogens (tertiary/aromatic N) is 2. The number of hydrogen-bond donors (Lipinski definition) is 0. The molecular weight excluding hydrogens is 416 g/mol. The van der Waals surface area contributed by atoms with Gasteiger partial charge in [0.15, 0.2) is 0 Å². The molecule has 0 saturated heterocycles. The van der Waals surface area contributed by atoms with Gasteiger partial charge in [-0.3, -0.25) is 9.78 Å². The molecule has 0 saturated carbocycles. The monoisotopic (exact) mass is 440 g/mol. The van der Waals surface area contributed by atoms with Crippen LogP contribution in [-0.2, 0) is 30.8 Å². The van der Waals surface area contributed by atoms with Gasteiger partial charge in [-0.05, 0) is 34.7 Å². The highest BCUT2D eigenvalue weighted by Gasteiger charge is 2.29. The maximum Gasteiger partial charge on any atom is 0.227 e. The zero-order chi connectivity index (χ0) is 21.8. The fourth-order valence-corrected chi connectivity index (χ4v) is 4.81. The van der Waals surface area contributed by atoms with Gasteiger partial charge in [0, 0.05) is 23.9 Å². The Hall–Kier alpha value is -3.44. The average Bonchev–Trinajstić information content (AvgIpc) is 3.35. The van der Waals surface area contributed by atoms with Crippen LogP contribution in [0.5, 0.6) is 5.75 Å². The molecule has 4 aromatic rings. The number of fused-ring (bicyclic) bond motifs is 1. The summed E-state index contributed by atoms with van der Waals surface area (Å²) < 4.78 is 6.29. The molecule has 0 spiro atoms. The number of carbonyl (C=O) groups is 1. The summed E-state index contributed by atoms with van der Waals surface area (Å²) >= 11 is 1.66. The van der Waals surface area contributed by atoms with E-state index in [1.165, 1.54) is 16.0 Å². The minimum Gasteiger partial charge on any atom is -0.487 e. The first-order chi connectivity index (χ1) is 15.8. The maximum atomic E-state index is 13.1. The molecule has 0 fully saturated rings. The van der Waals surface area contributed by atoms with Crippen LogP contribution >= 0.6 is 11.3 Å². The molecule has 3 aromatic carbocycles. The van der Waals surface area contributed by atoms with Crippen molar-refractivity contribution in [3.8, 4) is 5.75 Å². The number of benzene rings is 3. The normalized spacial score (nSPS) is 13.1. The Morgan fingerprint density at radius 1 is 0.906 bits per heavy atom. The summed E-state index contributed by atoms with van der Waals surface area (Å²) in [6, 6.07) is 24.4. The Bertz CT molecular complexity index is 1190. The van der Waals surface area contributed by atoms with Gasteiger partial charge in [0.2, 0.25) is 5.91 Å². The number of carbonyl (C=O) groups excluding carboxylic acids is 1. The van der Waals surface area contributed by atoms with Gasteiger partial charge in [-0.15, -0.1) is 11.3 Å². The van der Waals surface area contributed by atoms with Crippen LogP contribution in [0.4, 0.5) is 5.69 Å². The second-order valence-electron chi connectivity index (χ2n) is 7.93. The Labute approximate surface area is 192 Å². The number of thiazole rings is 1. The Morgan fingerprint density at radius 3 is 2.38 bits per heavy atom. The van der Waals surface area contributed by atoms with E-state index in [0.29, 0.717) is 19.6 Å². The predicted octanol–water partition coefficient (Wildman–Crippen LogP) is 5.79. The first-order valence-corrected chi connectivity index (χ1v) is 11.7. The molecule has 1 aromatic heterocycles. The summed E-state index contributed by atoms with van der Waals surface area (Å²) in [6.45, 7) is 1.01. The molecule has 160 valence electrons. The van der Waals surface area contributed by atoms with Crippen molar-refractivity contribution in [1.82, 2.24) is 4.98 Å². The number of rotatable bonds is 7. The van der Waals surface area contributed by atoms with Gasteiger partial charge < -0.3 is 9.64 Å². The first-order valence-electron chi connectivity index (χ1n) is 10.8. The van der Waals surface area contributed by atoms with E-state index in [2.05, 4.69) is 35.3 Å².